The van der Waals surface area contributed by atoms with Gasteiger partial charge in [0, 0.05) is 11.9 Å². The van der Waals surface area contributed by atoms with Gasteiger partial charge in [-0.05, 0) is 25.0 Å². The van der Waals surface area contributed by atoms with E-state index in [1.165, 1.54) is 17.6 Å². The zero-order valence-electron chi connectivity index (χ0n) is 12.4. The van der Waals surface area contributed by atoms with Crippen LogP contribution < -0.4 is 4.90 Å². The van der Waals surface area contributed by atoms with Crippen LogP contribution in [0.5, 0.6) is 0 Å². The highest BCUT2D eigenvalue weighted by atomic mass is 32.2. The van der Waals surface area contributed by atoms with E-state index >= 15 is 0 Å². The summed E-state index contributed by atoms with van der Waals surface area (Å²) >= 11 is 1.80. The predicted molar refractivity (Wildman–Crippen MR) is 88.8 cm³/mol. The summed E-state index contributed by atoms with van der Waals surface area (Å²) in [6.07, 6.45) is 6.64. The molecule has 1 aromatic rings. The third-order valence-electron chi connectivity index (χ3n) is 4.17. The van der Waals surface area contributed by atoms with Gasteiger partial charge in [0.1, 0.15) is 5.84 Å². The number of benzene rings is 1. The largest absolute Gasteiger partial charge is 0.330 e. The first-order chi connectivity index (χ1) is 9.91. The minimum Gasteiger partial charge on any atom is -0.330 e. The molecular weight excluding hydrogens is 304 g/mol. The van der Waals surface area contributed by atoms with Gasteiger partial charge in [0.05, 0.1) is 16.7 Å². The molecule has 0 unspecified atom stereocenters. The average molecular weight is 324 g/mol. The highest BCUT2D eigenvalue weighted by molar-refractivity contribution is 8.01. The number of amidine groups is 1. The first-order valence-electron chi connectivity index (χ1n) is 7.23. The zero-order chi connectivity index (χ0) is 15.1. The van der Waals surface area contributed by atoms with E-state index in [-0.39, 0.29) is 4.75 Å². The summed E-state index contributed by atoms with van der Waals surface area (Å²) in [5.41, 5.74) is 1.04. The topological polar surface area (TPSA) is 49.7 Å². The molecule has 4 nitrogen and oxygen atoms in total. The third kappa shape index (κ3) is 2.83. The standard InChI is InChI=1S/C15H20N2O2S2/c1-17-12-8-4-5-9-13(12)20-15(10-6-3-7-11-15)14(17)16-21(2,18)19/h4-5,8-9H,3,6-7,10-11H2,1-2H3/b16-14-. The van der Waals surface area contributed by atoms with E-state index in [0.717, 1.165) is 31.4 Å². The predicted octanol–water partition coefficient (Wildman–Crippen LogP) is 3.29. The smallest absolute Gasteiger partial charge is 0.251 e. The molecule has 0 aromatic heterocycles. The minimum absolute atomic E-state index is 0.190. The van der Waals surface area contributed by atoms with Crippen LogP contribution in [-0.2, 0) is 10.0 Å². The van der Waals surface area contributed by atoms with Crippen molar-refractivity contribution in [2.24, 2.45) is 4.40 Å². The fourth-order valence-electron chi connectivity index (χ4n) is 3.25. The maximum absolute atomic E-state index is 11.8. The molecule has 6 heteroatoms. The molecule has 1 fully saturated rings. The molecule has 0 radical (unpaired) electrons. The monoisotopic (exact) mass is 324 g/mol. The number of anilines is 1. The molecule has 0 amide bonds. The maximum atomic E-state index is 11.8. The summed E-state index contributed by atoms with van der Waals surface area (Å²) in [5.74, 6) is 0.702. The van der Waals surface area contributed by atoms with Gasteiger partial charge in [0.15, 0.2) is 0 Å². The van der Waals surface area contributed by atoms with Gasteiger partial charge in [0.25, 0.3) is 10.0 Å². The first-order valence-corrected chi connectivity index (χ1v) is 9.90. The van der Waals surface area contributed by atoms with Crippen molar-refractivity contribution in [3.8, 4) is 0 Å². The van der Waals surface area contributed by atoms with Crippen LogP contribution in [0, 0.1) is 0 Å². The van der Waals surface area contributed by atoms with E-state index in [1.807, 2.05) is 30.1 Å². The van der Waals surface area contributed by atoms with Crippen LogP contribution in [0.15, 0.2) is 33.6 Å². The highest BCUT2D eigenvalue weighted by Gasteiger charge is 2.45. The number of fused-ring (bicyclic) bond motifs is 1. The second-order valence-electron chi connectivity index (χ2n) is 5.83. The number of nitrogens with zero attached hydrogens (tertiary/aromatic N) is 2. The van der Waals surface area contributed by atoms with E-state index in [4.69, 9.17) is 0 Å². The first kappa shape index (κ1) is 14.9. The molecule has 0 N–H and O–H groups in total. The molecule has 0 bridgehead atoms. The summed E-state index contributed by atoms with van der Waals surface area (Å²) in [6.45, 7) is 0. The molecule has 1 saturated carbocycles. The number of sulfonamides is 1. The van der Waals surface area contributed by atoms with Gasteiger partial charge in [-0.25, -0.2) is 8.42 Å². The van der Waals surface area contributed by atoms with Gasteiger partial charge in [-0.2, -0.15) is 0 Å². The molecule has 1 aliphatic carbocycles. The van der Waals surface area contributed by atoms with Gasteiger partial charge < -0.3 is 4.90 Å². The van der Waals surface area contributed by atoms with Crippen LogP contribution in [0.4, 0.5) is 5.69 Å². The molecule has 3 rings (SSSR count). The lowest BCUT2D eigenvalue weighted by atomic mass is 9.86. The number of hydrogen-bond acceptors (Lipinski definition) is 3. The Bertz CT molecular complexity index is 677. The summed E-state index contributed by atoms with van der Waals surface area (Å²) in [6, 6.07) is 8.15. The van der Waals surface area contributed by atoms with Crippen molar-refractivity contribution in [3.63, 3.8) is 0 Å². The lowest BCUT2D eigenvalue weighted by molar-refractivity contribution is 0.465. The van der Waals surface area contributed by atoms with E-state index in [0.29, 0.717) is 5.84 Å². The van der Waals surface area contributed by atoms with Crippen molar-refractivity contribution in [2.45, 2.75) is 41.7 Å². The Morgan fingerprint density at radius 3 is 2.52 bits per heavy atom. The average Bonchev–Trinajstić information content (AvgIpc) is 2.44. The lowest BCUT2D eigenvalue weighted by Gasteiger charge is -2.45. The number of para-hydroxylation sites is 1. The molecule has 1 spiro atoms. The Labute approximate surface area is 130 Å². The quantitative estimate of drug-likeness (QED) is 0.795. The van der Waals surface area contributed by atoms with E-state index in [1.54, 1.807) is 11.8 Å². The van der Waals surface area contributed by atoms with Crippen LogP contribution in [0.25, 0.3) is 0 Å². The van der Waals surface area contributed by atoms with Crippen LogP contribution in [0.2, 0.25) is 0 Å². The Morgan fingerprint density at radius 2 is 1.86 bits per heavy atom. The molecule has 21 heavy (non-hydrogen) atoms. The van der Waals surface area contributed by atoms with Crippen LogP contribution in [0.1, 0.15) is 32.1 Å². The molecule has 1 aliphatic heterocycles. The van der Waals surface area contributed by atoms with E-state index in [2.05, 4.69) is 10.5 Å². The Balaban J connectivity index is 2.16. The molecule has 1 aromatic carbocycles. The molecule has 0 saturated heterocycles. The second kappa shape index (κ2) is 5.32. The van der Waals surface area contributed by atoms with Crippen molar-refractivity contribution >= 4 is 33.3 Å². The summed E-state index contributed by atoms with van der Waals surface area (Å²) in [5, 5.41) is 0. The summed E-state index contributed by atoms with van der Waals surface area (Å²) in [4.78, 5) is 3.19. The molecular formula is C15H20N2O2S2. The SMILES string of the molecule is CN1/C(=N\S(C)(=O)=O)C2(CCCCC2)Sc2ccccc21. The Morgan fingerprint density at radius 1 is 1.19 bits per heavy atom. The van der Waals surface area contributed by atoms with Gasteiger partial charge in [-0.3, -0.25) is 0 Å². The molecule has 114 valence electrons. The molecule has 1 heterocycles. The van der Waals surface area contributed by atoms with Gasteiger partial charge in [0.2, 0.25) is 0 Å². The van der Waals surface area contributed by atoms with Crippen LogP contribution >= 0.6 is 11.8 Å². The summed E-state index contributed by atoms with van der Waals surface area (Å²) < 4.78 is 27.4. The Kier molecular flexibility index (Phi) is 3.78. The summed E-state index contributed by atoms with van der Waals surface area (Å²) in [7, 11) is -1.47. The second-order valence-corrected chi connectivity index (χ2v) is 8.91. The van der Waals surface area contributed by atoms with E-state index < -0.39 is 10.0 Å². The molecule has 2 aliphatic rings. The Hall–Kier alpha value is -1.01. The zero-order valence-corrected chi connectivity index (χ0v) is 14.0. The normalized spacial score (nSPS) is 23.3. The van der Waals surface area contributed by atoms with Gasteiger partial charge in [-0.1, -0.05) is 31.4 Å². The fraction of sp³-hybridized carbons (Fsp3) is 0.533. The van der Waals surface area contributed by atoms with Crippen molar-refractivity contribution < 1.29 is 8.42 Å². The minimum atomic E-state index is -3.40. The number of hydrogen-bond donors (Lipinski definition) is 0. The van der Waals surface area contributed by atoms with Crippen LogP contribution in [0.3, 0.4) is 0 Å². The van der Waals surface area contributed by atoms with Crippen molar-refractivity contribution in [1.82, 2.24) is 0 Å². The van der Waals surface area contributed by atoms with Crippen molar-refractivity contribution in [2.75, 3.05) is 18.2 Å². The highest BCUT2D eigenvalue weighted by Crippen LogP contribution is 2.51. The fourth-order valence-corrected chi connectivity index (χ4v) is 5.56. The lowest BCUT2D eigenvalue weighted by Crippen LogP contribution is -2.49. The van der Waals surface area contributed by atoms with Gasteiger partial charge >= 0.3 is 0 Å². The maximum Gasteiger partial charge on any atom is 0.251 e. The van der Waals surface area contributed by atoms with E-state index in [9.17, 15) is 8.42 Å². The van der Waals surface area contributed by atoms with Crippen molar-refractivity contribution in [3.05, 3.63) is 24.3 Å². The van der Waals surface area contributed by atoms with Gasteiger partial charge in [-0.15, -0.1) is 16.2 Å². The molecule has 0 atom stereocenters. The third-order valence-corrected chi connectivity index (χ3v) is 6.22. The van der Waals surface area contributed by atoms with Crippen molar-refractivity contribution in [1.29, 1.82) is 0 Å². The van der Waals surface area contributed by atoms with Crippen LogP contribution in [-0.4, -0.2) is 32.3 Å². The number of rotatable bonds is 1. The number of thioether (sulfide) groups is 1.